The quantitative estimate of drug-likeness (QED) is 0.282. The van der Waals surface area contributed by atoms with Crippen LogP contribution in [0.1, 0.15) is 96.8 Å². The van der Waals surface area contributed by atoms with Crippen molar-refractivity contribution < 1.29 is 4.79 Å². The Labute approximate surface area is 151 Å². The number of amides is 1. The first-order chi connectivity index (χ1) is 11.8. The molecule has 1 rings (SSSR count). The van der Waals surface area contributed by atoms with E-state index < -0.39 is 0 Å². The van der Waals surface area contributed by atoms with Crippen molar-refractivity contribution in [3.63, 3.8) is 0 Å². The van der Waals surface area contributed by atoms with Crippen molar-refractivity contribution in [2.45, 2.75) is 96.8 Å². The van der Waals surface area contributed by atoms with Crippen LogP contribution in [0.2, 0.25) is 0 Å². The van der Waals surface area contributed by atoms with E-state index in [2.05, 4.69) is 25.4 Å². The Hall–Kier alpha value is -1.05. The van der Waals surface area contributed by atoms with Gasteiger partial charge in [0.25, 0.3) is 0 Å². The van der Waals surface area contributed by atoms with E-state index in [9.17, 15) is 4.79 Å². The molecule has 24 heavy (non-hydrogen) atoms. The van der Waals surface area contributed by atoms with Crippen LogP contribution >= 0.6 is 0 Å². The van der Waals surface area contributed by atoms with Gasteiger partial charge in [-0.25, -0.2) is 0 Å². The fraction of sp³-hybridized carbons (Fsp3) is 0.773. The van der Waals surface area contributed by atoms with Crippen molar-refractivity contribution in [1.29, 1.82) is 0 Å². The van der Waals surface area contributed by atoms with E-state index in [0.29, 0.717) is 0 Å². The average molecular weight is 336 g/mol. The summed E-state index contributed by atoms with van der Waals surface area (Å²) in [6.07, 6.45) is 23.1. The maximum absolute atomic E-state index is 10.6. The van der Waals surface area contributed by atoms with Gasteiger partial charge in [-0.2, -0.15) is 0 Å². The van der Waals surface area contributed by atoms with Gasteiger partial charge in [0.1, 0.15) is 0 Å². The van der Waals surface area contributed by atoms with Gasteiger partial charge in [0.05, 0.1) is 5.92 Å². The molecule has 1 fully saturated rings. The van der Waals surface area contributed by atoms with Gasteiger partial charge < -0.3 is 5.32 Å². The summed E-state index contributed by atoms with van der Waals surface area (Å²) in [5.74, 6) is 0.204. The molecule has 1 atom stereocenters. The molecule has 2 heteroatoms. The zero-order valence-corrected chi connectivity index (χ0v) is 16.2. The van der Waals surface area contributed by atoms with Gasteiger partial charge in [-0.15, -0.1) is 13.2 Å². The number of hydrogen-bond acceptors (Lipinski definition) is 1. The van der Waals surface area contributed by atoms with Crippen LogP contribution < -0.4 is 5.32 Å². The van der Waals surface area contributed by atoms with Crippen LogP contribution in [0.3, 0.4) is 0 Å². The molecule has 0 radical (unpaired) electrons. The summed E-state index contributed by atoms with van der Waals surface area (Å²) in [6.45, 7) is 10.4. The second kappa shape index (κ2) is 18.3. The summed E-state index contributed by atoms with van der Waals surface area (Å²) in [7, 11) is 0. The SMILES string of the molecule is C=CC1CCNC1=O.C=CCCCCCCCCCCCCCC. The lowest BCUT2D eigenvalue weighted by molar-refractivity contribution is -0.121. The summed E-state index contributed by atoms with van der Waals surface area (Å²) in [6, 6.07) is 0. The molecule has 1 unspecified atom stereocenters. The molecule has 1 saturated heterocycles. The first-order valence-corrected chi connectivity index (χ1v) is 10.3. The summed E-state index contributed by atoms with van der Waals surface area (Å²) in [5, 5.41) is 2.71. The third kappa shape index (κ3) is 14.5. The number of unbranched alkanes of at least 4 members (excludes halogenated alkanes) is 12. The highest BCUT2D eigenvalue weighted by Gasteiger charge is 2.19. The predicted octanol–water partition coefficient (Wildman–Crippen LogP) is 6.57. The summed E-state index contributed by atoms with van der Waals surface area (Å²) < 4.78 is 0. The van der Waals surface area contributed by atoms with Gasteiger partial charge >= 0.3 is 0 Å². The lowest BCUT2D eigenvalue weighted by Gasteiger charge is -2.02. The van der Waals surface area contributed by atoms with E-state index in [4.69, 9.17) is 0 Å². The zero-order valence-electron chi connectivity index (χ0n) is 16.2. The molecule has 1 aliphatic rings. The first kappa shape index (κ1) is 22.9. The van der Waals surface area contributed by atoms with Gasteiger partial charge in [-0.3, -0.25) is 4.79 Å². The molecule has 0 aromatic rings. The third-order valence-corrected chi connectivity index (χ3v) is 4.64. The first-order valence-electron chi connectivity index (χ1n) is 10.3. The molecule has 2 nitrogen and oxygen atoms in total. The maximum Gasteiger partial charge on any atom is 0.226 e. The highest BCUT2D eigenvalue weighted by atomic mass is 16.2. The standard InChI is InChI=1S/C16H32.C6H9NO/c1-3-5-7-9-11-13-15-16-14-12-10-8-6-4-2;1-2-5-3-4-7-6(5)8/h3H,1,4-16H2,2H3;2,5H,1,3-4H2,(H,7,8). The number of rotatable bonds is 14. The van der Waals surface area contributed by atoms with Crippen molar-refractivity contribution in [3.8, 4) is 0 Å². The smallest absolute Gasteiger partial charge is 0.226 e. The Morgan fingerprint density at radius 2 is 1.42 bits per heavy atom. The molecular formula is C22H41NO. The molecule has 1 aliphatic heterocycles. The molecule has 0 aromatic carbocycles. The molecule has 140 valence electrons. The largest absolute Gasteiger partial charge is 0.356 e. The van der Waals surface area contributed by atoms with E-state index in [-0.39, 0.29) is 11.8 Å². The Bertz CT molecular complexity index is 311. The van der Waals surface area contributed by atoms with Crippen molar-refractivity contribution in [1.82, 2.24) is 5.32 Å². The monoisotopic (exact) mass is 335 g/mol. The van der Waals surface area contributed by atoms with Gasteiger partial charge in [0.2, 0.25) is 5.91 Å². The van der Waals surface area contributed by atoms with Crippen molar-refractivity contribution in [2.24, 2.45) is 5.92 Å². The topological polar surface area (TPSA) is 29.1 Å². The Balaban J connectivity index is 0.000000546. The second-order valence-corrected chi connectivity index (χ2v) is 6.89. The summed E-state index contributed by atoms with van der Waals surface area (Å²) >= 11 is 0. The lowest BCUT2D eigenvalue weighted by Crippen LogP contribution is -2.17. The molecule has 0 saturated carbocycles. The number of hydrogen-bond donors (Lipinski definition) is 1. The van der Waals surface area contributed by atoms with Crippen LogP contribution in [-0.2, 0) is 4.79 Å². The van der Waals surface area contributed by atoms with Crippen LogP contribution in [0.15, 0.2) is 25.3 Å². The van der Waals surface area contributed by atoms with Crippen molar-refractivity contribution in [3.05, 3.63) is 25.3 Å². The highest BCUT2D eigenvalue weighted by Crippen LogP contribution is 2.12. The van der Waals surface area contributed by atoms with Crippen LogP contribution in [0, 0.1) is 5.92 Å². The zero-order chi connectivity index (χ0) is 17.9. The molecule has 1 amide bonds. The van der Waals surface area contributed by atoms with E-state index in [0.717, 1.165) is 13.0 Å². The molecular weight excluding hydrogens is 294 g/mol. The Kier molecular flexibility index (Phi) is 17.5. The van der Waals surface area contributed by atoms with E-state index in [1.54, 1.807) is 6.08 Å². The molecule has 0 spiro atoms. The Morgan fingerprint density at radius 1 is 0.917 bits per heavy atom. The fourth-order valence-corrected chi connectivity index (χ4v) is 2.97. The second-order valence-electron chi connectivity index (χ2n) is 6.89. The minimum absolute atomic E-state index is 0.0787. The summed E-state index contributed by atoms with van der Waals surface area (Å²) in [5.41, 5.74) is 0. The van der Waals surface area contributed by atoms with E-state index >= 15 is 0 Å². The van der Waals surface area contributed by atoms with Gasteiger partial charge in [-0.1, -0.05) is 89.7 Å². The maximum atomic E-state index is 10.6. The van der Waals surface area contributed by atoms with E-state index in [1.807, 2.05) is 6.08 Å². The van der Waals surface area contributed by atoms with Crippen LogP contribution in [-0.4, -0.2) is 12.5 Å². The molecule has 0 bridgehead atoms. The van der Waals surface area contributed by atoms with Crippen molar-refractivity contribution >= 4 is 5.91 Å². The Morgan fingerprint density at radius 3 is 1.75 bits per heavy atom. The predicted molar refractivity (Wildman–Crippen MR) is 107 cm³/mol. The minimum Gasteiger partial charge on any atom is -0.356 e. The highest BCUT2D eigenvalue weighted by molar-refractivity contribution is 5.82. The normalized spacial score (nSPS) is 16.2. The van der Waals surface area contributed by atoms with Crippen LogP contribution in [0.4, 0.5) is 0 Å². The number of allylic oxidation sites excluding steroid dienone is 1. The molecule has 1 heterocycles. The van der Waals surface area contributed by atoms with E-state index in [1.165, 1.54) is 83.5 Å². The number of carbonyl (C=O) groups excluding carboxylic acids is 1. The van der Waals surface area contributed by atoms with Gasteiger partial charge in [-0.05, 0) is 19.3 Å². The summed E-state index contributed by atoms with van der Waals surface area (Å²) in [4.78, 5) is 10.6. The number of nitrogens with one attached hydrogen (secondary N) is 1. The minimum atomic E-state index is 0.0787. The molecule has 0 aromatic heterocycles. The van der Waals surface area contributed by atoms with Crippen molar-refractivity contribution in [2.75, 3.05) is 6.54 Å². The van der Waals surface area contributed by atoms with Gasteiger partial charge in [0, 0.05) is 6.54 Å². The van der Waals surface area contributed by atoms with Gasteiger partial charge in [0.15, 0.2) is 0 Å². The van der Waals surface area contributed by atoms with Crippen LogP contribution in [0.5, 0.6) is 0 Å². The average Bonchev–Trinajstić information content (AvgIpc) is 3.01. The lowest BCUT2D eigenvalue weighted by atomic mass is 10.0. The third-order valence-electron chi connectivity index (χ3n) is 4.64. The molecule has 0 aliphatic carbocycles. The van der Waals surface area contributed by atoms with Crippen LogP contribution in [0.25, 0.3) is 0 Å². The molecule has 1 N–H and O–H groups in total. The number of carbonyl (C=O) groups is 1. The fourth-order valence-electron chi connectivity index (χ4n) is 2.97.